The lowest BCUT2D eigenvalue weighted by atomic mass is 10.1. The number of rotatable bonds is 9. The van der Waals surface area contributed by atoms with Crippen molar-refractivity contribution >= 4 is 62.4 Å². The van der Waals surface area contributed by atoms with E-state index in [0.717, 1.165) is 4.31 Å². The average Bonchev–Trinajstić information content (AvgIpc) is 2.92. The number of fused-ring (bicyclic) bond motifs is 1. The molecule has 1 amide bonds. The molecule has 1 N–H and O–H groups in total. The number of carbonyl (C=O) groups excluding carboxylic acids is 1. The lowest BCUT2D eigenvalue weighted by Gasteiger charge is -2.22. The molecular formula is C26H23ClN6O4S. The van der Waals surface area contributed by atoms with Crippen LogP contribution in [-0.4, -0.2) is 49.9 Å². The average molecular weight is 551 g/mol. The fraction of sp³-hybridized carbons (Fsp3) is 0.154. The molecule has 0 aliphatic heterocycles. The maximum absolute atomic E-state index is 12.9. The van der Waals surface area contributed by atoms with E-state index in [9.17, 15) is 13.2 Å². The standard InChI is InChI=1S/C26H23ClN6O4S/c1-32(14-6-13-28)26(34)17-7-5-8-18(15-17)33(38(35)36)25-24(29-21-9-3-4-10-22(21)31-25)30-23-16-19(37-2)11-12-20(23)27/h3-5,7-12,15-16,38H,6,14H2,1-2H3,(H,29,30). The van der Waals surface area contributed by atoms with Gasteiger partial charge in [-0.05, 0) is 42.5 Å². The fourth-order valence-corrected chi connectivity index (χ4v) is 4.45. The molecule has 0 aliphatic carbocycles. The zero-order valence-electron chi connectivity index (χ0n) is 20.5. The summed E-state index contributed by atoms with van der Waals surface area (Å²) in [5, 5.41) is 12.3. The minimum atomic E-state index is -3.27. The Morgan fingerprint density at radius 3 is 2.50 bits per heavy atom. The molecule has 0 fully saturated rings. The Hall–Kier alpha value is -4.40. The number of amides is 1. The minimum absolute atomic E-state index is 0.0128. The Balaban J connectivity index is 1.84. The molecule has 4 rings (SSSR count). The van der Waals surface area contributed by atoms with Gasteiger partial charge in [-0.2, -0.15) is 5.26 Å². The van der Waals surface area contributed by atoms with E-state index in [4.69, 9.17) is 21.6 Å². The second kappa shape index (κ2) is 11.8. The van der Waals surface area contributed by atoms with Crippen LogP contribution in [0.1, 0.15) is 16.8 Å². The molecule has 0 unspecified atom stereocenters. The molecule has 0 saturated heterocycles. The van der Waals surface area contributed by atoms with Crippen molar-refractivity contribution in [3.05, 3.63) is 77.3 Å². The monoisotopic (exact) mass is 550 g/mol. The van der Waals surface area contributed by atoms with Crippen molar-refractivity contribution < 1.29 is 17.9 Å². The van der Waals surface area contributed by atoms with E-state index in [0.29, 0.717) is 27.5 Å². The maximum atomic E-state index is 12.9. The Bertz CT molecular complexity index is 1610. The number of methoxy groups -OCH3 is 1. The third kappa shape index (κ3) is 5.77. The van der Waals surface area contributed by atoms with Crippen LogP contribution in [0.3, 0.4) is 0 Å². The maximum Gasteiger partial charge on any atom is 0.253 e. The molecule has 10 nitrogen and oxygen atoms in total. The van der Waals surface area contributed by atoms with Gasteiger partial charge in [-0.15, -0.1) is 0 Å². The summed E-state index contributed by atoms with van der Waals surface area (Å²) in [6, 6.07) is 20.2. The number of hydrogen-bond donors (Lipinski definition) is 2. The number of halogens is 1. The molecule has 0 radical (unpaired) electrons. The number of hydrogen-bond acceptors (Lipinski definition) is 8. The van der Waals surface area contributed by atoms with E-state index in [2.05, 4.69) is 15.3 Å². The molecule has 194 valence electrons. The number of benzene rings is 3. The number of anilines is 4. The molecule has 1 heterocycles. The lowest BCUT2D eigenvalue weighted by Crippen LogP contribution is -2.27. The van der Waals surface area contributed by atoms with E-state index >= 15 is 0 Å². The topological polar surface area (TPSA) is 129 Å². The summed E-state index contributed by atoms with van der Waals surface area (Å²) in [5.74, 6) is 0.294. The molecular weight excluding hydrogens is 528 g/mol. The van der Waals surface area contributed by atoms with E-state index in [-0.39, 0.29) is 41.8 Å². The van der Waals surface area contributed by atoms with E-state index < -0.39 is 10.9 Å². The Labute approximate surface area is 226 Å². The second-order valence-corrected chi connectivity index (χ2v) is 9.37. The van der Waals surface area contributed by atoms with Crippen molar-refractivity contribution in [2.24, 2.45) is 0 Å². The van der Waals surface area contributed by atoms with Gasteiger partial charge in [0.2, 0.25) is 10.9 Å². The van der Waals surface area contributed by atoms with Gasteiger partial charge < -0.3 is 15.0 Å². The first-order valence-corrected chi connectivity index (χ1v) is 12.9. The number of carbonyl (C=O) groups is 1. The number of nitrogens with zero attached hydrogens (tertiary/aromatic N) is 5. The SMILES string of the molecule is COc1ccc(Cl)c(Nc2nc3ccccc3nc2N(c2cccc(C(=O)N(C)CCC#N)c2)[SH](=O)=O)c1. The summed E-state index contributed by atoms with van der Waals surface area (Å²) >= 11 is 6.39. The number of thiol groups is 1. The summed E-state index contributed by atoms with van der Waals surface area (Å²) in [4.78, 5) is 23.5. The van der Waals surface area contributed by atoms with Gasteiger partial charge in [-0.1, -0.05) is 29.8 Å². The van der Waals surface area contributed by atoms with Gasteiger partial charge in [0.25, 0.3) is 5.91 Å². The Morgan fingerprint density at radius 1 is 1.08 bits per heavy atom. The molecule has 3 aromatic carbocycles. The van der Waals surface area contributed by atoms with Gasteiger partial charge in [0.05, 0.1) is 47.0 Å². The van der Waals surface area contributed by atoms with Gasteiger partial charge in [0.15, 0.2) is 11.6 Å². The van der Waals surface area contributed by atoms with Crippen LogP contribution < -0.4 is 14.4 Å². The van der Waals surface area contributed by atoms with Crippen molar-refractivity contribution in [1.82, 2.24) is 14.9 Å². The highest BCUT2D eigenvalue weighted by atomic mass is 35.5. The minimum Gasteiger partial charge on any atom is -0.497 e. The van der Waals surface area contributed by atoms with Gasteiger partial charge >= 0.3 is 0 Å². The van der Waals surface area contributed by atoms with Crippen molar-refractivity contribution in [2.75, 3.05) is 30.3 Å². The predicted molar refractivity (Wildman–Crippen MR) is 147 cm³/mol. The Kier molecular flexibility index (Phi) is 8.25. The molecule has 4 aromatic rings. The first kappa shape index (κ1) is 26.7. The molecule has 0 aliphatic rings. The zero-order valence-corrected chi connectivity index (χ0v) is 22.1. The van der Waals surface area contributed by atoms with Gasteiger partial charge in [0, 0.05) is 25.2 Å². The number of para-hydroxylation sites is 2. The highest BCUT2D eigenvalue weighted by molar-refractivity contribution is 7.74. The molecule has 0 atom stereocenters. The third-order valence-corrected chi connectivity index (χ3v) is 6.66. The van der Waals surface area contributed by atoms with E-state index in [1.165, 1.54) is 18.1 Å². The lowest BCUT2D eigenvalue weighted by molar-refractivity contribution is 0.0798. The van der Waals surface area contributed by atoms with Crippen LogP contribution in [0.15, 0.2) is 66.7 Å². The smallest absolute Gasteiger partial charge is 0.253 e. The largest absolute Gasteiger partial charge is 0.497 e. The quantitative estimate of drug-likeness (QED) is 0.287. The third-order valence-electron chi connectivity index (χ3n) is 5.59. The van der Waals surface area contributed by atoms with Gasteiger partial charge in [-0.3, -0.25) is 4.79 Å². The first-order chi connectivity index (χ1) is 18.3. The van der Waals surface area contributed by atoms with Crippen LogP contribution in [0.25, 0.3) is 11.0 Å². The molecule has 0 spiro atoms. The van der Waals surface area contributed by atoms with Gasteiger partial charge in [0.1, 0.15) is 5.75 Å². The van der Waals surface area contributed by atoms with Crippen molar-refractivity contribution in [3.63, 3.8) is 0 Å². The molecule has 1 aromatic heterocycles. The number of aromatic nitrogens is 2. The number of nitrogens with one attached hydrogen (secondary N) is 1. The van der Waals surface area contributed by atoms with Crippen LogP contribution in [0.5, 0.6) is 5.75 Å². The van der Waals surface area contributed by atoms with Crippen LogP contribution in [-0.2, 0) is 10.9 Å². The summed E-state index contributed by atoms with van der Waals surface area (Å²) < 4.78 is 31.6. The van der Waals surface area contributed by atoms with Crippen LogP contribution in [0.2, 0.25) is 5.02 Å². The van der Waals surface area contributed by atoms with Crippen molar-refractivity contribution in [3.8, 4) is 11.8 Å². The van der Waals surface area contributed by atoms with Crippen LogP contribution in [0, 0.1) is 11.3 Å². The number of ether oxygens (including phenoxy) is 1. The molecule has 38 heavy (non-hydrogen) atoms. The van der Waals surface area contributed by atoms with Gasteiger partial charge in [-0.25, -0.2) is 22.7 Å². The normalized spacial score (nSPS) is 10.7. The van der Waals surface area contributed by atoms with Crippen LogP contribution >= 0.6 is 11.6 Å². The number of nitriles is 1. The zero-order chi connectivity index (χ0) is 27.2. The molecule has 12 heteroatoms. The summed E-state index contributed by atoms with van der Waals surface area (Å²) in [7, 11) is -0.177. The van der Waals surface area contributed by atoms with Crippen molar-refractivity contribution in [1.29, 1.82) is 5.26 Å². The highest BCUT2D eigenvalue weighted by Crippen LogP contribution is 2.36. The summed E-state index contributed by atoms with van der Waals surface area (Å²) in [6.45, 7) is 0.241. The Morgan fingerprint density at radius 2 is 1.82 bits per heavy atom. The van der Waals surface area contributed by atoms with Crippen molar-refractivity contribution in [2.45, 2.75) is 6.42 Å². The van der Waals surface area contributed by atoms with Crippen LogP contribution in [0.4, 0.5) is 23.0 Å². The van der Waals surface area contributed by atoms with E-state index in [1.807, 2.05) is 6.07 Å². The predicted octanol–water partition coefficient (Wildman–Crippen LogP) is 4.69. The summed E-state index contributed by atoms with van der Waals surface area (Å²) in [5.41, 5.74) is 1.87. The highest BCUT2D eigenvalue weighted by Gasteiger charge is 2.23. The fourth-order valence-electron chi connectivity index (χ4n) is 3.68. The van der Waals surface area contributed by atoms with E-state index in [1.54, 1.807) is 67.7 Å². The summed E-state index contributed by atoms with van der Waals surface area (Å²) in [6.07, 6.45) is 0.176. The first-order valence-electron chi connectivity index (χ1n) is 11.4. The second-order valence-electron chi connectivity index (χ2n) is 8.09. The molecule has 0 saturated carbocycles. The molecule has 0 bridgehead atoms.